The first kappa shape index (κ1) is 19.4. The molecule has 0 aliphatic carbocycles. The second-order valence-electron chi connectivity index (χ2n) is 6.29. The van der Waals surface area contributed by atoms with Gasteiger partial charge < -0.3 is 20.0 Å². The smallest absolute Gasteiger partial charge is 0.291 e. The van der Waals surface area contributed by atoms with Gasteiger partial charge in [-0.15, -0.1) is 11.3 Å². The van der Waals surface area contributed by atoms with Gasteiger partial charge in [-0.05, 0) is 48.9 Å². The number of hydrogen-bond acceptors (Lipinski definition) is 5. The zero-order chi connectivity index (χ0) is 20.3. The van der Waals surface area contributed by atoms with Crippen molar-refractivity contribution in [2.24, 2.45) is 0 Å². The van der Waals surface area contributed by atoms with Gasteiger partial charge >= 0.3 is 0 Å². The highest BCUT2D eigenvalue weighted by Gasteiger charge is 2.17. The zero-order valence-electron chi connectivity index (χ0n) is 15.6. The molecule has 0 fully saturated rings. The number of amides is 3. The second kappa shape index (κ2) is 8.10. The third kappa shape index (κ3) is 4.29. The Kier molecular flexibility index (Phi) is 5.60. The monoisotopic (exact) mass is 397 g/mol. The lowest BCUT2D eigenvalue weighted by Crippen LogP contribution is -2.21. The number of benzene rings is 1. The molecule has 144 valence electrons. The number of anilines is 2. The van der Waals surface area contributed by atoms with Crippen molar-refractivity contribution < 1.29 is 18.8 Å². The molecule has 0 unspecified atom stereocenters. The maximum atomic E-state index is 12.7. The van der Waals surface area contributed by atoms with Crippen LogP contribution >= 0.6 is 11.3 Å². The van der Waals surface area contributed by atoms with E-state index in [0.717, 1.165) is 5.56 Å². The Labute approximate surface area is 166 Å². The first-order valence-corrected chi connectivity index (χ1v) is 9.25. The SMILES string of the molecule is Cc1cc(NC(=O)c2ccco2)sc1C(=O)Nc1cccc(C(=O)N(C)C)c1. The average Bonchev–Trinajstić information content (AvgIpc) is 3.31. The molecule has 0 atom stereocenters. The molecule has 7 nitrogen and oxygen atoms in total. The number of nitrogens with one attached hydrogen (secondary N) is 2. The van der Waals surface area contributed by atoms with E-state index in [1.807, 2.05) is 0 Å². The lowest BCUT2D eigenvalue weighted by Gasteiger charge is -2.11. The van der Waals surface area contributed by atoms with Crippen LogP contribution in [0, 0.1) is 6.92 Å². The highest BCUT2D eigenvalue weighted by Crippen LogP contribution is 2.28. The molecule has 2 heterocycles. The Bertz CT molecular complexity index is 1020. The predicted octanol–water partition coefficient (Wildman–Crippen LogP) is 3.86. The normalized spacial score (nSPS) is 10.4. The third-order valence-corrected chi connectivity index (χ3v) is 5.03. The molecule has 8 heteroatoms. The maximum Gasteiger partial charge on any atom is 0.291 e. The van der Waals surface area contributed by atoms with Crippen LogP contribution in [0.5, 0.6) is 0 Å². The Morgan fingerprint density at radius 1 is 1.00 bits per heavy atom. The third-order valence-electron chi connectivity index (χ3n) is 3.88. The first-order valence-electron chi connectivity index (χ1n) is 8.43. The van der Waals surface area contributed by atoms with Gasteiger partial charge in [0, 0.05) is 25.3 Å². The van der Waals surface area contributed by atoms with Crippen molar-refractivity contribution in [3.63, 3.8) is 0 Å². The predicted molar refractivity (Wildman–Crippen MR) is 108 cm³/mol. The van der Waals surface area contributed by atoms with Gasteiger partial charge in [0.25, 0.3) is 17.7 Å². The number of nitrogens with zero attached hydrogens (tertiary/aromatic N) is 1. The van der Waals surface area contributed by atoms with Gasteiger partial charge in [-0.3, -0.25) is 14.4 Å². The Hall–Kier alpha value is -3.39. The number of thiophene rings is 1. The van der Waals surface area contributed by atoms with E-state index in [1.165, 1.54) is 22.5 Å². The van der Waals surface area contributed by atoms with Crippen molar-refractivity contribution in [3.05, 3.63) is 70.5 Å². The van der Waals surface area contributed by atoms with E-state index in [-0.39, 0.29) is 23.5 Å². The zero-order valence-corrected chi connectivity index (χ0v) is 16.4. The quantitative estimate of drug-likeness (QED) is 0.684. The van der Waals surface area contributed by atoms with Gasteiger partial charge in [0.05, 0.1) is 16.1 Å². The van der Waals surface area contributed by atoms with E-state index in [4.69, 9.17) is 4.42 Å². The van der Waals surface area contributed by atoms with Gasteiger partial charge in [0.2, 0.25) is 0 Å². The molecule has 0 bridgehead atoms. The Balaban J connectivity index is 1.73. The molecule has 0 saturated heterocycles. The number of rotatable bonds is 5. The van der Waals surface area contributed by atoms with Crippen molar-refractivity contribution in [1.82, 2.24) is 4.90 Å². The van der Waals surface area contributed by atoms with E-state index in [9.17, 15) is 14.4 Å². The number of furan rings is 1. The minimum absolute atomic E-state index is 0.147. The molecule has 3 amide bonds. The van der Waals surface area contributed by atoms with Gasteiger partial charge in [0.15, 0.2) is 5.76 Å². The number of carbonyl (C=O) groups excluding carboxylic acids is 3. The summed E-state index contributed by atoms with van der Waals surface area (Å²) in [5.74, 6) is -0.644. The topological polar surface area (TPSA) is 91.6 Å². The molecule has 2 aromatic heterocycles. The van der Waals surface area contributed by atoms with Gasteiger partial charge in [-0.2, -0.15) is 0 Å². The van der Waals surface area contributed by atoms with Gasteiger partial charge in [0.1, 0.15) is 0 Å². The molecular formula is C20H19N3O4S. The lowest BCUT2D eigenvalue weighted by molar-refractivity contribution is 0.0827. The van der Waals surface area contributed by atoms with Crippen LogP contribution in [0.2, 0.25) is 0 Å². The number of carbonyl (C=O) groups is 3. The molecule has 0 radical (unpaired) electrons. The van der Waals surface area contributed by atoms with Crippen LogP contribution in [-0.4, -0.2) is 36.7 Å². The van der Waals surface area contributed by atoms with E-state index in [2.05, 4.69) is 10.6 Å². The molecule has 0 aliphatic rings. The summed E-state index contributed by atoms with van der Waals surface area (Å²) in [7, 11) is 3.34. The van der Waals surface area contributed by atoms with E-state index >= 15 is 0 Å². The molecule has 3 aromatic rings. The minimum atomic E-state index is -0.381. The van der Waals surface area contributed by atoms with Crippen LogP contribution in [0.25, 0.3) is 0 Å². The van der Waals surface area contributed by atoms with E-state index in [0.29, 0.717) is 21.1 Å². The molecule has 28 heavy (non-hydrogen) atoms. The second-order valence-corrected chi connectivity index (χ2v) is 7.34. The fourth-order valence-corrected chi connectivity index (χ4v) is 3.49. The fraction of sp³-hybridized carbons (Fsp3) is 0.150. The molecular weight excluding hydrogens is 378 g/mol. The summed E-state index contributed by atoms with van der Waals surface area (Å²) in [5.41, 5.74) is 1.74. The van der Waals surface area contributed by atoms with Crippen molar-refractivity contribution in [3.8, 4) is 0 Å². The van der Waals surface area contributed by atoms with Crippen molar-refractivity contribution in [1.29, 1.82) is 0 Å². The summed E-state index contributed by atoms with van der Waals surface area (Å²) in [6.45, 7) is 1.79. The van der Waals surface area contributed by atoms with Gasteiger partial charge in [-0.1, -0.05) is 6.07 Å². The summed E-state index contributed by atoms with van der Waals surface area (Å²) < 4.78 is 5.06. The van der Waals surface area contributed by atoms with Crippen molar-refractivity contribution in [2.45, 2.75) is 6.92 Å². The Morgan fingerprint density at radius 3 is 2.46 bits per heavy atom. The molecule has 0 spiro atoms. The average molecular weight is 397 g/mol. The maximum absolute atomic E-state index is 12.7. The highest BCUT2D eigenvalue weighted by atomic mass is 32.1. The van der Waals surface area contributed by atoms with Crippen LogP contribution in [0.1, 0.15) is 36.1 Å². The standard InChI is InChI=1S/C20H19N3O4S/c1-12-10-16(22-18(24)15-8-5-9-27-15)28-17(12)19(25)21-14-7-4-6-13(11-14)20(26)23(2)3/h4-11H,1-3H3,(H,21,25)(H,22,24). The summed E-state index contributed by atoms with van der Waals surface area (Å²) in [6, 6.07) is 11.7. The van der Waals surface area contributed by atoms with E-state index < -0.39 is 0 Å². The first-order chi connectivity index (χ1) is 13.3. The lowest BCUT2D eigenvalue weighted by atomic mass is 10.1. The molecule has 2 N–H and O–H groups in total. The highest BCUT2D eigenvalue weighted by molar-refractivity contribution is 7.18. The van der Waals surface area contributed by atoms with Crippen LogP contribution < -0.4 is 10.6 Å². The summed E-state index contributed by atoms with van der Waals surface area (Å²) in [4.78, 5) is 38.7. The largest absolute Gasteiger partial charge is 0.459 e. The number of hydrogen-bond donors (Lipinski definition) is 2. The van der Waals surface area contributed by atoms with Gasteiger partial charge in [-0.25, -0.2) is 0 Å². The molecule has 3 rings (SSSR count). The van der Waals surface area contributed by atoms with Crippen LogP contribution in [0.15, 0.2) is 53.1 Å². The summed E-state index contributed by atoms with van der Waals surface area (Å²) in [5, 5.41) is 6.06. The van der Waals surface area contributed by atoms with Crippen molar-refractivity contribution in [2.75, 3.05) is 24.7 Å². The number of aryl methyl sites for hydroxylation is 1. The summed E-state index contributed by atoms with van der Waals surface area (Å²) in [6.07, 6.45) is 1.42. The van der Waals surface area contributed by atoms with Crippen molar-refractivity contribution >= 4 is 39.7 Å². The molecule has 0 aliphatic heterocycles. The molecule has 0 saturated carbocycles. The summed E-state index contributed by atoms with van der Waals surface area (Å²) >= 11 is 1.17. The fourth-order valence-electron chi connectivity index (χ4n) is 2.53. The minimum Gasteiger partial charge on any atom is -0.459 e. The Morgan fingerprint density at radius 2 is 1.79 bits per heavy atom. The van der Waals surface area contributed by atoms with Crippen LogP contribution in [0.3, 0.4) is 0 Å². The molecule has 1 aromatic carbocycles. The van der Waals surface area contributed by atoms with Crippen LogP contribution in [-0.2, 0) is 0 Å². The van der Waals surface area contributed by atoms with Crippen LogP contribution in [0.4, 0.5) is 10.7 Å². The van der Waals surface area contributed by atoms with E-state index in [1.54, 1.807) is 63.5 Å².